The first-order valence-corrected chi connectivity index (χ1v) is 8.43. The van der Waals surface area contributed by atoms with Gasteiger partial charge < -0.3 is 0 Å². The van der Waals surface area contributed by atoms with Gasteiger partial charge in [0.1, 0.15) is 4.21 Å². The summed E-state index contributed by atoms with van der Waals surface area (Å²) in [6.07, 6.45) is 3.10. The Morgan fingerprint density at radius 1 is 1.47 bits per heavy atom. The van der Waals surface area contributed by atoms with Crippen LogP contribution in [0, 0.1) is 12.8 Å². The second-order valence-corrected chi connectivity index (χ2v) is 8.27. The second-order valence-electron chi connectivity index (χ2n) is 4.42. The molecule has 0 radical (unpaired) electrons. The van der Waals surface area contributed by atoms with E-state index in [0.29, 0.717) is 10.8 Å². The molecule has 1 aliphatic rings. The van der Waals surface area contributed by atoms with E-state index >= 15 is 0 Å². The van der Waals surface area contributed by atoms with E-state index in [2.05, 4.69) is 4.72 Å². The highest BCUT2D eigenvalue weighted by Gasteiger charge is 2.27. The molecule has 2 atom stereocenters. The summed E-state index contributed by atoms with van der Waals surface area (Å²) < 4.78 is 27.0. The van der Waals surface area contributed by atoms with E-state index in [9.17, 15) is 8.42 Å². The van der Waals surface area contributed by atoms with Crippen molar-refractivity contribution in [2.45, 2.75) is 35.8 Å². The molecule has 0 saturated heterocycles. The molecule has 17 heavy (non-hydrogen) atoms. The molecule has 0 bridgehead atoms. The average Bonchev–Trinajstić information content (AvgIpc) is 2.85. The van der Waals surface area contributed by atoms with Crippen molar-refractivity contribution >= 4 is 33.0 Å². The summed E-state index contributed by atoms with van der Waals surface area (Å²) in [5, 5.41) is 0.114. The van der Waals surface area contributed by atoms with Gasteiger partial charge in [0.25, 0.3) is 0 Å². The Morgan fingerprint density at radius 2 is 2.24 bits per heavy atom. The van der Waals surface area contributed by atoms with Gasteiger partial charge in [0, 0.05) is 16.8 Å². The van der Waals surface area contributed by atoms with Crippen molar-refractivity contribution in [3.8, 4) is 0 Å². The molecule has 3 nitrogen and oxygen atoms in total. The third-order valence-electron chi connectivity index (χ3n) is 3.08. The lowest BCUT2D eigenvalue weighted by Gasteiger charge is -2.13. The predicted molar refractivity (Wildman–Crippen MR) is 71.2 cm³/mol. The Bertz CT molecular complexity index is 483. The highest BCUT2D eigenvalue weighted by molar-refractivity contribution is 7.91. The number of halogens is 1. The van der Waals surface area contributed by atoms with Gasteiger partial charge in [0.15, 0.2) is 0 Å². The van der Waals surface area contributed by atoms with Gasteiger partial charge in [-0.25, -0.2) is 13.1 Å². The smallest absolute Gasteiger partial charge is 0.210 e. The van der Waals surface area contributed by atoms with E-state index in [1.165, 1.54) is 11.3 Å². The molecule has 96 valence electrons. The molecule has 0 spiro atoms. The van der Waals surface area contributed by atoms with E-state index in [1.54, 1.807) is 6.07 Å². The van der Waals surface area contributed by atoms with E-state index in [-0.39, 0.29) is 11.3 Å². The minimum atomic E-state index is -3.34. The predicted octanol–water partition coefficient (Wildman–Crippen LogP) is 2.74. The minimum absolute atomic E-state index is 0.114. The molecule has 1 fully saturated rings. The van der Waals surface area contributed by atoms with E-state index < -0.39 is 10.0 Å². The summed E-state index contributed by atoms with van der Waals surface area (Å²) in [5.41, 5.74) is 0. The zero-order valence-electron chi connectivity index (χ0n) is 9.65. The molecule has 1 aromatic rings. The summed E-state index contributed by atoms with van der Waals surface area (Å²) in [4.78, 5) is 1.00. The molecular weight excluding hydrogens is 278 g/mol. The van der Waals surface area contributed by atoms with Crippen LogP contribution in [0.15, 0.2) is 16.3 Å². The van der Waals surface area contributed by atoms with Gasteiger partial charge in [-0.15, -0.1) is 22.9 Å². The Hall–Kier alpha value is -0.100. The highest BCUT2D eigenvalue weighted by atomic mass is 35.5. The summed E-state index contributed by atoms with van der Waals surface area (Å²) in [5.74, 6) is 0.271. The number of alkyl halides is 1. The van der Waals surface area contributed by atoms with E-state index in [1.807, 2.05) is 13.0 Å². The maximum absolute atomic E-state index is 12.0. The maximum atomic E-state index is 12.0. The van der Waals surface area contributed by atoms with Crippen LogP contribution in [0.3, 0.4) is 0 Å². The number of sulfonamides is 1. The normalized spacial score (nSPS) is 25.3. The largest absolute Gasteiger partial charge is 0.250 e. The first-order valence-electron chi connectivity index (χ1n) is 5.69. The van der Waals surface area contributed by atoms with Gasteiger partial charge in [0.05, 0.1) is 0 Å². The van der Waals surface area contributed by atoms with Gasteiger partial charge in [-0.05, 0) is 37.8 Å². The van der Waals surface area contributed by atoms with Crippen LogP contribution in [0.25, 0.3) is 0 Å². The lowest BCUT2D eigenvalue weighted by atomic mass is 10.1. The fourth-order valence-corrected chi connectivity index (χ4v) is 4.86. The standard InChI is InChI=1S/C11H16ClNO2S2/c1-8-5-6-11(16-8)17(14,15)13-7-9-3-2-4-10(9)12/h5-6,9-10,13H,2-4,7H2,1H3. The summed E-state index contributed by atoms with van der Waals surface area (Å²) in [6.45, 7) is 2.35. The number of aryl methyl sites for hydroxylation is 1. The molecule has 1 aromatic heterocycles. The average molecular weight is 294 g/mol. The first kappa shape index (κ1) is 13.3. The molecule has 2 rings (SSSR count). The van der Waals surface area contributed by atoms with Crippen molar-refractivity contribution in [1.82, 2.24) is 4.72 Å². The quantitative estimate of drug-likeness (QED) is 0.868. The van der Waals surface area contributed by atoms with Crippen LogP contribution >= 0.6 is 22.9 Å². The summed E-state index contributed by atoms with van der Waals surface area (Å²) in [6, 6.07) is 3.47. The monoisotopic (exact) mass is 293 g/mol. The zero-order chi connectivity index (χ0) is 12.5. The number of rotatable bonds is 4. The number of hydrogen-bond donors (Lipinski definition) is 1. The topological polar surface area (TPSA) is 46.2 Å². The number of thiophene rings is 1. The molecule has 0 aromatic carbocycles. The SMILES string of the molecule is Cc1ccc(S(=O)(=O)NCC2CCCC2Cl)s1. The van der Waals surface area contributed by atoms with Crippen molar-refractivity contribution in [2.75, 3.05) is 6.54 Å². The molecule has 1 heterocycles. The maximum Gasteiger partial charge on any atom is 0.250 e. The molecule has 1 aliphatic carbocycles. The van der Waals surface area contributed by atoms with Gasteiger partial charge in [0.2, 0.25) is 10.0 Å². The van der Waals surface area contributed by atoms with Crippen molar-refractivity contribution < 1.29 is 8.42 Å². The first-order chi connectivity index (χ1) is 7.99. The van der Waals surface area contributed by atoms with Crippen LogP contribution in [-0.4, -0.2) is 20.3 Å². The fourth-order valence-electron chi connectivity index (χ4n) is 2.07. The van der Waals surface area contributed by atoms with Crippen LogP contribution < -0.4 is 4.72 Å². The fraction of sp³-hybridized carbons (Fsp3) is 0.636. The van der Waals surface area contributed by atoms with Crippen LogP contribution in [0.5, 0.6) is 0 Å². The third-order valence-corrected chi connectivity index (χ3v) is 6.57. The van der Waals surface area contributed by atoms with Gasteiger partial charge in [-0.1, -0.05) is 6.42 Å². The van der Waals surface area contributed by atoms with Gasteiger partial charge in [-0.2, -0.15) is 0 Å². The minimum Gasteiger partial charge on any atom is -0.210 e. The van der Waals surface area contributed by atoms with Crippen molar-refractivity contribution in [2.24, 2.45) is 5.92 Å². The molecule has 2 unspecified atom stereocenters. The van der Waals surface area contributed by atoms with Gasteiger partial charge >= 0.3 is 0 Å². The van der Waals surface area contributed by atoms with Crippen molar-refractivity contribution in [3.05, 3.63) is 17.0 Å². The Morgan fingerprint density at radius 3 is 2.76 bits per heavy atom. The molecular formula is C11H16ClNO2S2. The molecule has 0 aliphatic heterocycles. The lowest BCUT2D eigenvalue weighted by molar-refractivity contribution is 0.524. The zero-order valence-corrected chi connectivity index (χ0v) is 12.0. The third kappa shape index (κ3) is 3.22. The highest BCUT2D eigenvalue weighted by Crippen LogP contribution is 2.30. The number of nitrogens with one attached hydrogen (secondary N) is 1. The second kappa shape index (κ2) is 5.26. The van der Waals surface area contributed by atoms with Crippen LogP contribution in [0.1, 0.15) is 24.1 Å². The van der Waals surface area contributed by atoms with Crippen LogP contribution in [-0.2, 0) is 10.0 Å². The van der Waals surface area contributed by atoms with Crippen LogP contribution in [0.4, 0.5) is 0 Å². The lowest BCUT2D eigenvalue weighted by Crippen LogP contribution is -2.30. The molecule has 1 saturated carbocycles. The summed E-state index contributed by atoms with van der Waals surface area (Å²) in [7, 11) is -3.34. The Kier molecular flexibility index (Phi) is 4.13. The van der Waals surface area contributed by atoms with E-state index in [0.717, 1.165) is 24.1 Å². The van der Waals surface area contributed by atoms with Crippen molar-refractivity contribution in [3.63, 3.8) is 0 Å². The molecule has 0 amide bonds. The van der Waals surface area contributed by atoms with E-state index in [4.69, 9.17) is 11.6 Å². The number of hydrogen-bond acceptors (Lipinski definition) is 3. The van der Waals surface area contributed by atoms with Gasteiger partial charge in [-0.3, -0.25) is 0 Å². The van der Waals surface area contributed by atoms with Crippen molar-refractivity contribution in [1.29, 1.82) is 0 Å². The summed E-state index contributed by atoms with van der Waals surface area (Å²) >= 11 is 7.42. The Labute approximate surface area is 111 Å². The molecule has 6 heteroatoms. The molecule has 1 N–H and O–H groups in total. The van der Waals surface area contributed by atoms with Crippen LogP contribution in [0.2, 0.25) is 0 Å². The Balaban J connectivity index is 1.98.